The van der Waals surface area contributed by atoms with Gasteiger partial charge in [-0.15, -0.1) is 0 Å². The Bertz CT molecular complexity index is 755. The Kier molecular flexibility index (Phi) is 7.24. The van der Waals surface area contributed by atoms with E-state index in [1.807, 2.05) is 6.92 Å². The van der Waals surface area contributed by atoms with E-state index in [2.05, 4.69) is 106 Å². The van der Waals surface area contributed by atoms with Crippen LogP contribution in [-0.4, -0.2) is 28.7 Å². The van der Waals surface area contributed by atoms with Crippen LogP contribution >= 0.6 is 0 Å². The van der Waals surface area contributed by atoms with E-state index in [4.69, 9.17) is 4.74 Å². The molecule has 2 nitrogen and oxygen atoms in total. The molecule has 0 bridgehead atoms. The molecule has 0 amide bonds. The Morgan fingerprint density at radius 2 is 1.39 bits per heavy atom. The minimum Gasteiger partial charge on any atom is -0.466 e. The van der Waals surface area contributed by atoms with E-state index in [1.165, 1.54) is 10.4 Å². The van der Waals surface area contributed by atoms with Crippen molar-refractivity contribution in [3.8, 4) is 0 Å². The predicted molar refractivity (Wildman–Crippen MR) is 126 cm³/mol. The van der Waals surface area contributed by atoms with E-state index in [9.17, 15) is 4.79 Å². The van der Waals surface area contributed by atoms with E-state index in [0.717, 1.165) is 0 Å². The normalized spacial score (nSPS) is 14.6. The maximum absolute atomic E-state index is 12.9. The molecular formula is C24H34O2Si2. The van der Waals surface area contributed by atoms with Crippen molar-refractivity contribution < 1.29 is 9.53 Å². The molecule has 1 atom stereocenters. The summed E-state index contributed by atoms with van der Waals surface area (Å²) in [6.07, 6.45) is 4.93. The van der Waals surface area contributed by atoms with Crippen LogP contribution in [0.25, 0.3) is 0 Å². The molecule has 0 unspecified atom stereocenters. The van der Waals surface area contributed by atoms with Gasteiger partial charge in [0.1, 0.15) is 8.07 Å². The lowest BCUT2D eigenvalue weighted by atomic mass is 10.2. The summed E-state index contributed by atoms with van der Waals surface area (Å²) in [6.45, 7) is 14.0. The third-order valence-electron chi connectivity index (χ3n) is 6.11. The average Bonchev–Trinajstić information content (AvgIpc) is 2.67. The molecule has 0 fully saturated rings. The minimum absolute atomic E-state index is 0.0892. The molecule has 0 saturated heterocycles. The van der Waals surface area contributed by atoms with Crippen LogP contribution in [0.3, 0.4) is 0 Å². The number of esters is 1. The first kappa shape index (κ1) is 22.4. The molecule has 0 aliphatic rings. The molecule has 0 N–H and O–H groups in total. The summed E-state index contributed by atoms with van der Waals surface area (Å²) >= 11 is 0. The average molecular weight is 411 g/mol. The van der Waals surface area contributed by atoms with Crippen LogP contribution in [0.5, 0.6) is 0 Å². The van der Waals surface area contributed by atoms with Gasteiger partial charge in [0.15, 0.2) is 0 Å². The minimum atomic E-state index is -2.36. The number of hydrogen-bond donors (Lipinski definition) is 0. The first-order valence-corrected chi connectivity index (χ1v) is 16.1. The largest absolute Gasteiger partial charge is 0.466 e. The fourth-order valence-corrected chi connectivity index (χ4v) is 16.9. The van der Waals surface area contributed by atoms with Crippen molar-refractivity contribution in [2.45, 2.75) is 51.1 Å². The molecule has 2 aromatic carbocycles. The van der Waals surface area contributed by atoms with E-state index in [-0.39, 0.29) is 10.6 Å². The third kappa shape index (κ3) is 4.08. The highest BCUT2D eigenvalue weighted by atomic mass is 28.4. The standard InChI is InChI=1S/C24H34O2Si2/c1-7-19-24(27(3,4)5,20-23(25)26-8-2)28(6,21-15-11-9-12-16-21)22-17-13-10-14-18-22/h7,9-19H,8,20H2,1-6H3/b19-7+/t24-/m0/s1. The van der Waals surface area contributed by atoms with Gasteiger partial charge in [-0.25, -0.2) is 0 Å². The van der Waals surface area contributed by atoms with Crippen LogP contribution in [0.2, 0.25) is 30.8 Å². The van der Waals surface area contributed by atoms with Gasteiger partial charge >= 0.3 is 5.97 Å². The lowest BCUT2D eigenvalue weighted by Crippen LogP contribution is -2.70. The number of ether oxygens (including phenoxy) is 1. The molecule has 0 spiro atoms. The van der Waals surface area contributed by atoms with Gasteiger partial charge in [0.05, 0.1) is 21.1 Å². The number of hydrogen-bond acceptors (Lipinski definition) is 2. The molecule has 0 aliphatic heterocycles. The zero-order chi connectivity index (χ0) is 20.8. The molecule has 28 heavy (non-hydrogen) atoms. The summed E-state index contributed by atoms with van der Waals surface area (Å²) in [5, 5.41) is 2.73. The first-order valence-electron chi connectivity index (χ1n) is 10.1. The summed E-state index contributed by atoms with van der Waals surface area (Å²) < 4.78 is 5.27. The lowest BCUT2D eigenvalue weighted by Gasteiger charge is -2.53. The second-order valence-corrected chi connectivity index (χ2v) is 18.7. The highest BCUT2D eigenvalue weighted by Crippen LogP contribution is 2.51. The Balaban J connectivity index is 2.88. The summed E-state index contributed by atoms with van der Waals surface area (Å²) in [7, 11) is -4.23. The van der Waals surface area contributed by atoms with Gasteiger partial charge in [0.2, 0.25) is 0 Å². The smallest absolute Gasteiger partial charge is 0.306 e. The van der Waals surface area contributed by atoms with Crippen molar-refractivity contribution in [1.29, 1.82) is 0 Å². The molecule has 4 heteroatoms. The third-order valence-corrected chi connectivity index (χ3v) is 18.0. The van der Waals surface area contributed by atoms with Crippen LogP contribution in [-0.2, 0) is 9.53 Å². The van der Waals surface area contributed by atoms with Crippen LogP contribution in [0, 0.1) is 0 Å². The Morgan fingerprint density at radius 3 is 1.75 bits per heavy atom. The number of carbonyl (C=O) groups is 1. The SMILES string of the molecule is C/C=C/[C@](CC(=O)OCC)([Si](C)(C)C)[Si](C)(c1ccccc1)c1ccccc1. The molecule has 0 aromatic heterocycles. The zero-order valence-corrected chi connectivity index (χ0v) is 20.2. The number of allylic oxidation sites excluding steroid dienone is 2. The molecule has 0 aliphatic carbocycles. The van der Waals surface area contributed by atoms with Crippen molar-refractivity contribution in [3.05, 3.63) is 72.8 Å². The van der Waals surface area contributed by atoms with Crippen LogP contribution in [0.15, 0.2) is 72.8 Å². The predicted octanol–water partition coefficient (Wildman–Crippen LogP) is 5.03. The highest BCUT2D eigenvalue weighted by Gasteiger charge is 2.58. The second-order valence-electron chi connectivity index (χ2n) is 8.56. The van der Waals surface area contributed by atoms with Crippen LogP contribution in [0.4, 0.5) is 0 Å². The van der Waals surface area contributed by atoms with Crippen molar-refractivity contribution in [2.24, 2.45) is 0 Å². The van der Waals surface area contributed by atoms with Gasteiger partial charge in [-0.05, 0) is 18.5 Å². The van der Waals surface area contributed by atoms with Crippen LogP contribution < -0.4 is 10.4 Å². The zero-order valence-electron chi connectivity index (χ0n) is 18.2. The molecule has 0 heterocycles. The van der Waals surface area contributed by atoms with Crippen molar-refractivity contribution >= 4 is 32.5 Å². The van der Waals surface area contributed by atoms with E-state index >= 15 is 0 Å². The summed E-state index contributed by atoms with van der Waals surface area (Å²) in [5.74, 6) is -0.0892. The Hall–Kier alpha value is -1.92. The van der Waals surface area contributed by atoms with E-state index in [0.29, 0.717) is 13.0 Å². The number of rotatable bonds is 8. The molecule has 0 radical (unpaired) electrons. The van der Waals surface area contributed by atoms with E-state index in [1.54, 1.807) is 0 Å². The first-order chi connectivity index (χ1) is 13.2. The van der Waals surface area contributed by atoms with Gasteiger partial charge in [-0.2, -0.15) is 0 Å². The van der Waals surface area contributed by atoms with Gasteiger partial charge in [-0.3, -0.25) is 4.79 Å². The summed E-state index contributed by atoms with van der Waals surface area (Å²) in [6, 6.07) is 21.6. The topological polar surface area (TPSA) is 26.3 Å². The maximum Gasteiger partial charge on any atom is 0.306 e. The number of carbonyl (C=O) groups excluding carboxylic acids is 1. The van der Waals surface area contributed by atoms with Crippen molar-refractivity contribution in [1.82, 2.24) is 0 Å². The Morgan fingerprint density at radius 1 is 0.929 bits per heavy atom. The molecule has 2 rings (SSSR count). The van der Waals surface area contributed by atoms with Gasteiger partial charge in [0, 0.05) is 0 Å². The van der Waals surface area contributed by atoms with Crippen molar-refractivity contribution in [3.63, 3.8) is 0 Å². The lowest BCUT2D eigenvalue weighted by molar-refractivity contribution is -0.143. The van der Waals surface area contributed by atoms with Crippen LogP contribution in [0.1, 0.15) is 20.3 Å². The van der Waals surface area contributed by atoms with Gasteiger partial charge in [0.25, 0.3) is 0 Å². The molecule has 2 aromatic rings. The fraction of sp³-hybridized carbons (Fsp3) is 0.375. The fourth-order valence-electron chi connectivity index (χ4n) is 4.62. The molecule has 0 saturated carbocycles. The van der Waals surface area contributed by atoms with Gasteiger partial charge in [-0.1, -0.05) is 109 Å². The Labute approximate surface area is 172 Å². The monoisotopic (exact) mass is 410 g/mol. The molecular weight excluding hydrogens is 376 g/mol. The summed E-state index contributed by atoms with van der Waals surface area (Å²) in [5.41, 5.74) is 0. The van der Waals surface area contributed by atoms with E-state index < -0.39 is 16.1 Å². The maximum atomic E-state index is 12.9. The highest BCUT2D eigenvalue weighted by molar-refractivity contribution is 7.13. The summed E-state index contributed by atoms with van der Waals surface area (Å²) in [4.78, 5) is 12.9. The second kappa shape index (κ2) is 9.06. The van der Waals surface area contributed by atoms with Crippen molar-refractivity contribution in [2.75, 3.05) is 6.61 Å². The number of benzene rings is 2. The van der Waals surface area contributed by atoms with Gasteiger partial charge < -0.3 is 4.74 Å². The quantitative estimate of drug-likeness (QED) is 0.347. The molecule has 150 valence electrons.